The second-order valence-corrected chi connectivity index (χ2v) is 7.09. The fourth-order valence-electron chi connectivity index (χ4n) is 1.25. The van der Waals surface area contributed by atoms with Gasteiger partial charge in [0.15, 0.2) is 0 Å². The molecule has 0 atom stereocenters. The molecule has 0 radical (unpaired) electrons. The molecule has 0 saturated carbocycles. The van der Waals surface area contributed by atoms with Gasteiger partial charge in [-0.2, -0.15) is 0 Å². The topological polar surface area (TPSA) is 0 Å². The van der Waals surface area contributed by atoms with Crippen LogP contribution in [-0.4, -0.2) is 0 Å². The maximum atomic E-state index is 3.51. The molecule has 1 heterocycles. The van der Waals surface area contributed by atoms with Crippen molar-refractivity contribution in [2.24, 2.45) is 0 Å². The third-order valence-corrected chi connectivity index (χ3v) is 4.82. The van der Waals surface area contributed by atoms with E-state index in [1.807, 2.05) is 11.3 Å². The van der Waals surface area contributed by atoms with Gasteiger partial charge in [-0.1, -0.05) is 31.9 Å². The Morgan fingerprint density at radius 3 is 2.77 bits per heavy atom. The number of rotatable bonds is 1. The van der Waals surface area contributed by atoms with Crippen LogP contribution in [0.3, 0.4) is 0 Å². The van der Waals surface area contributed by atoms with Gasteiger partial charge < -0.3 is 0 Å². The standard InChI is InChI=1S/C9H5Br2IS/c10-4-6-2-7(11)1-5-3-8(12)13-9(5)6/h1-3H,4H2. The Hall–Kier alpha value is 0.870. The van der Waals surface area contributed by atoms with Gasteiger partial charge in [0.05, 0.1) is 2.88 Å². The molecule has 2 aromatic rings. The molecule has 0 bridgehead atoms. The summed E-state index contributed by atoms with van der Waals surface area (Å²) in [7, 11) is 0. The number of alkyl halides is 1. The molecule has 1 aromatic carbocycles. The van der Waals surface area contributed by atoms with Crippen LogP contribution in [0, 0.1) is 2.88 Å². The van der Waals surface area contributed by atoms with E-state index in [0.29, 0.717) is 0 Å². The van der Waals surface area contributed by atoms with Gasteiger partial charge in [0, 0.05) is 14.5 Å². The normalized spacial score (nSPS) is 11.0. The summed E-state index contributed by atoms with van der Waals surface area (Å²) in [5, 5.41) is 2.25. The summed E-state index contributed by atoms with van der Waals surface area (Å²) in [6.07, 6.45) is 0. The highest BCUT2D eigenvalue weighted by atomic mass is 127. The predicted molar refractivity (Wildman–Crippen MR) is 74.9 cm³/mol. The fraction of sp³-hybridized carbons (Fsp3) is 0.111. The molecule has 2 rings (SSSR count). The van der Waals surface area contributed by atoms with Crippen molar-refractivity contribution in [2.45, 2.75) is 5.33 Å². The van der Waals surface area contributed by atoms with Gasteiger partial charge in [0.25, 0.3) is 0 Å². The average Bonchev–Trinajstić information content (AvgIpc) is 2.43. The van der Waals surface area contributed by atoms with E-state index in [-0.39, 0.29) is 0 Å². The van der Waals surface area contributed by atoms with E-state index >= 15 is 0 Å². The lowest BCUT2D eigenvalue weighted by Crippen LogP contribution is -1.77. The lowest BCUT2D eigenvalue weighted by molar-refractivity contribution is 1.49. The maximum absolute atomic E-state index is 3.51. The molecule has 0 N–H and O–H groups in total. The van der Waals surface area contributed by atoms with Crippen LogP contribution in [0.1, 0.15) is 5.56 Å². The van der Waals surface area contributed by atoms with Gasteiger partial charge in [0.1, 0.15) is 0 Å². The number of halogens is 3. The number of hydrogen-bond donors (Lipinski definition) is 0. The number of benzene rings is 1. The Morgan fingerprint density at radius 2 is 2.08 bits per heavy atom. The van der Waals surface area contributed by atoms with Gasteiger partial charge in [-0.25, -0.2) is 0 Å². The summed E-state index contributed by atoms with van der Waals surface area (Å²) >= 11 is 11.2. The van der Waals surface area contributed by atoms with Gasteiger partial charge in [-0.05, 0) is 51.7 Å². The lowest BCUT2D eigenvalue weighted by atomic mass is 10.2. The van der Waals surface area contributed by atoms with E-state index in [1.54, 1.807) is 0 Å². The van der Waals surface area contributed by atoms with Crippen LogP contribution in [0.4, 0.5) is 0 Å². The molecule has 0 saturated heterocycles. The number of fused-ring (bicyclic) bond motifs is 1. The summed E-state index contributed by atoms with van der Waals surface area (Å²) in [5.41, 5.74) is 1.36. The van der Waals surface area contributed by atoms with Crippen LogP contribution < -0.4 is 0 Å². The Labute approximate surface area is 111 Å². The molecule has 4 heteroatoms. The van der Waals surface area contributed by atoms with Gasteiger partial charge >= 0.3 is 0 Å². The summed E-state index contributed by atoms with van der Waals surface area (Å²) in [6.45, 7) is 0. The summed E-state index contributed by atoms with van der Waals surface area (Å²) < 4.78 is 3.89. The molecule has 13 heavy (non-hydrogen) atoms. The monoisotopic (exact) mass is 430 g/mol. The second kappa shape index (κ2) is 4.16. The van der Waals surface area contributed by atoms with Crippen LogP contribution in [0.25, 0.3) is 10.1 Å². The first-order chi connectivity index (χ1) is 6.20. The van der Waals surface area contributed by atoms with Crippen molar-refractivity contribution in [3.63, 3.8) is 0 Å². The second-order valence-electron chi connectivity index (χ2n) is 2.67. The van der Waals surface area contributed by atoms with E-state index in [9.17, 15) is 0 Å². The Bertz CT molecular complexity index is 450. The molecule has 0 aliphatic carbocycles. The van der Waals surface area contributed by atoms with Crippen LogP contribution >= 0.6 is 65.8 Å². The van der Waals surface area contributed by atoms with Crippen LogP contribution in [0.15, 0.2) is 22.7 Å². The molecule has 0 aliphatic heterocycles. The first-order valence-corrected chi connectivity index (χ1v) is 7.45. The molecule has 0 spiro atoms. The van der Waals surface area contributed by atoms with Crippen molar-refractivity contribution < 1.29 is 0 Å². The summed E-state index contributed by atoms with van der Waals surface area (Å²) in [4.78, 5) is 0. The quantitative estimate of drug-likeness (QED) is 0.432. The van der Waals surface area contributed by atoms with Crippen LogP contribution in [-0.2, 0) is 5.33 Å². The Kier molecular flexibility index (Phi) is 3.33. The van der Waals surface area contributed by atoms with Crippen molar-refractivity contribution in [3.8, 4) is 0 Å². The first-order valence-electron chi connectivity index (χ1n) is 3.64. The minimum Gasteiger partial charge on any atom is -0.129 e. The van der Waals surface area contributed by atoms with Crippen molar-refractivity contribution in [3.05, 3.63) is 31.1 Å². The van der Waals surface area contributed by atoms with E-state index in [1.165, 1.54) is 18.5 Å². The molecule has 0 nitrogen and oxygen atoms in total. The van der Waals surface area contributed by atoms with Crippen LogP contribution in [0.2, 0.25) is 0 Å². The molecule has 1 aromatic heterocycles. The third-order valence-electron chi connectivity index (χ3n) is 1.77. The average molecular weight is 432 g/mol. The van der Waals surface area contributed by atoms with E-state index < -0.39 is 0 Å². The summed E-state index contributed by atoms with van der Waals surface area (Å²) in [5.74, 6) is 0. The Morgan fingerprint density at radius 1 is 1.31 bits per heavy atom. The SMILES string of the molecule is BrCc1cc(Br)cc2cc(I)sc12. The van der Waals surface area contributed by atoms with E-state index in [0.717, 1.165) is 9.80 Å². The van der Waals surface area contributed by atoms with Gasteiger partial charge in [-0.15, -0.1) is 11.3 Å². The highest BCUT2D eigenvalue weighted by Gasteiger charge is 2.05. The zero-order chi connectivity index (χ0) is 9.42. The predicted octanol–water partition coefficient (Wildman–Crippen LogP) is 5.16. The van der Waals surface area contributed by atoms with Crippen LogP contribution in [0.5, 0.6) is 0 Å². The summed E-state index contributed by atoms with van der Waals surface area (Å²) in [6, 6.07) is 6.56. The third kappa shape index (κ3) is 2.11. The number of thiophene rings is 1. The molecule has 0 unspecified atom stereocenters. The highest BCUT2D eigenvalue weighted by molar-refractivity contribution is 14.1. The van der Waals surface area contributed by atoms with Crippen molar-refractivity contribution in [2.75, 3.05) is 0 Å². The molecule has 0 fully saturated rings. The van der Waals surface area contributed by atoms with E-state index in [4.69, 9.17) is 0 Å². The van der Waals surface area contributed by atoms with Gasteiger partial charge in [0.2, 0.25) is 0 Å². The molecular formula is C9H5Br2IS. The zero-order valence-corrected chi connectivity index (χ0v) is 12.6. The lowest BCUT2D eigenvalue weighted by Gasteiger charge is -1.98. The van der Waals surface area contributed by atoms with Crippen molar-refractivity contribution in [1.82, 2.24) is 0 Å². The molecule has 0 aliphatic rings. The van der Waals surface area contributed by atoms with Crippen molar-refractivity contribution >= 4 is 75.9 Å². The molecule has 0 amide bonds. The fourth-order valence-corrected chi connectivity index (χ4v) is 4.28. The van der Waals surface area contributed by atoms with E-state index in [2.05, 4.69) is 72.6 Å². The first kappa shape index (κ1) is 10.4. The minimum absolute atomic E-state index is 0.916. The minimum atomic E-state index is 0.916. The van der Waals surface area contributed by atoms with Gasteiger partial charge in [-0.3, -0.25) is 0 Å². The zero-order valence-electron chi connectivity index (χ0n) is 6.48. The highest BCUT2D eigenvalue weighted by Crippen LogP contribution is 2.33. The Balaban J connectivity index is 2.80. The molecular weight excluding hydrogens is 427 g/mol. The van der Waals surface area contributed by atoms with Crippen molar-refractivity contribution in [1.29, 1.82) is 0 Å². The molecule has 68 valence electrons. The largest absolute Gasteiger partial charge is 0.129 e. The maximum Gasteiger partial charge on any atom is 0.0666 e. The number of hydrogen-bond acceptors (Lipinski definition) is 1. The smallest absolute Gasteiger partial charge is 0.0666 e.